The van der Waals surface area contributed by atoms with Gasteiger partial charge in [0.2, 0.25) is 0 Å². The predicted molar refractivity (Wildman–Crippen MR) is 83.3 cm³/mol. The van der Waals surface area contributed by atoms with Crippen molar-refractivity contribution in [3.63, 3.8) is 0 Å². The summed E-state index contributed by atoms with van der Waals surface area (Å²) in [6.07, 6.45) is 3.36. The van der Waals surface area contributed by atoms with E-state index in [2.05, 4.69) is 56.1 Å². The molecule has 0 heterocycles. The second kappa shape index (κ2) is 9.23. The molecule has 18 heavy (non-hydrogen) atoms. The highest BCUT2D eigenvalue weighted by Gasteiger charge is 2.09. The van der Waals surface area contributed by atoms with Gasteiger partial charge in [0.25, 0.3) is 0 Å². The Morgan fingerprint density at radius 1 is 1.28 bits per heavy atom. The van der Waals surface area contributed by atoms with E-state index in [4.69, 9.17) is 0 Å². The molecule has 0 amide bonds. The Bertz CT molecular complexity index is 334. The SMILES string of the molecule is C=C(CC)CC(CSc1ccccc1)NCCC. The number of benzene rings is 1. The molecule has 0 fully saturated rings. The predicted octanol–water partition coefficient (Wildman–Crippen LogP) is 4.50. The molecule has 0 saturated heterocycles. The van der Waals surface area contributed by atoms with Crippen LogP contribution in [0.3, 0.4) is 0 Å². The maximum atomic E-state index is 4.13. The maximum absolute atomic E-state index is 4.13. The molecule has 2 heteroatoms. The van der Waals surface area contributed by atoms with Gasteiger partial charge in [-0.3, -0.25) is 0 Å². The molecule has 1 unspecified atom stereocenters. The molecule has 0 bridgehead atoms. The van der Waals surface area contributed by atoms with E-state index in [1.165, 1.54) is 16.9 Å². The first kappa shape index (κ1) is 15.3. The molecule has 0 aliphatic carbocycles. The maximum Gasteiger partial charge on any atom is 0.0198 e. The van der Waals surface area contributed by atoms with Crippen molar-refractivity contribution in [1.29, 1.82) is 0 Å². The van der Waals surface area contributed by atoms with Crippen LogP contribution in [0, 0.1) is 0 Å². The number of nitrogens with one attached hydrogen (secondary N) is 1. The highest BCUT2D eigenvalue weighted by molar-refractivity contribution is 7.99. The first-order chi connectivity index (χ1) is 8.76. The highest BCUT2D eigenvalue weighted by Crippen LogP contribution is 2.20. The molecular weight excluding hydrogens is 238 g/mol. The van der Waals surface area contributed by atoms with Gasteiger partial charge in [0, 0.05) is 16.7 Å². The Balaban J connectivity index is 2.42. The van der Waals surface area contributed by atoms with Gasteiger partial charge in [0.1, 0.15) is 0 Å². The Labute approximate surface area is 116 Å². The van der Waals surface area contributed by atoms with Crippen molar-refractivity contribution < 1.29 is 0 Å². The quantitative estimate of drug-likeness (QED) is 0.520. The first-order valence-electron chi connectivity index (χ1n) is 6.84. The van der Waals surface area contributed by atoms with Crippen LogP contribution in [0.4, 0.5) is 0 Å². The Morgan fingerprint density at radius 2 is 2.00 bits per heavy atom. The third kappa shape index (κ3) is 6.27. The van der Waals surface area contributed by atoms with Crippen molar-refractivity contribution >= 4 is 11.8 Å². The molecule has 0 aliphatic heterocycles. The molecule has 1 aromatic carbocycles. The molecule has 0 aliphatic rings. The van der Waals surface area contributed by atoms with Gasteiger partial charge in [-0.1, -0.05) is 44.2 Å². The van der Waals surface area contributed by atoms with Crippen molar-refractivity contribution in [1.82, 2.24) is 5.32 Å². The van der Waals surface area contributed by atoms with E-state index in [1.54, 1.807) is 0 Å². The normalized spacial score (nSPS) is 12.3. The van der Waals surface area contributed by atoms with Crippen LogP contribution in [0.15, 0.2) is 47.4 Å². The summed E-state index contributed by atoms with van der Waals surface area (Å²) in [5, 5.41) is 3.62. The Hall–Kier alpha value is -0.730. The third-order valence-electron chi connectivity index (χ3n) is 2.91. The minimum Gasteiger partial charge on any atom is -0.313 e. The van der Waals surface area contributed by atoms with Gasteiger partial charge in [0.15, 0.2) is 0 Å². The summed E-state index contributed by atoms with van der Waals surface area (Å²) in [6.45, 7) is 9.62. The molecule has 1 aromatic rings. The van der Waals surface area contributed by atoms with Crippen molar-refractivity contribution in [3.8, 4) is 0 Å². The lowest BCUT2D eigenvalue weighted by molar-refractivity contribution is 0.544. The molecule has 1 N–H and O–H groups in total. The van der Waals surface area contributed by atoms with Crippen LogP contribution in [-0.4, -0.2) is 18.3 Å². The van der Waals surface area contributed by atoms with Crippen molar-refractivity contribution in [2.24, 2.45) is 0 Å². The van der Waals surface area contributed by atoms with Gasteiger partial charge >= 0.3 is 0 Å². The summed E-state index contributed by atoms with van der Waals surface area (Å²) in [5.74, 6) is 1.11. The van der Waals surface area contributed by atoms with Crippen LogP contribution in [0.1, 0.15) is 33.1 Å². The average Bonchev–Trinajstić information content (AvgIpc) is 2.42. The smallest absolute Gasteiger partial charge is 0.0198 e. The van der Waals surface area contributed by atoms with E-state index in [0.717, 1.165) is 25.1 Å². The van der Waals surface area contributed by atoms with Crippen molar-refractivity contribution in [2.75, 3.05) is 12.3 Å². The zero-order chi connectivity index (χ0) is 13.2. The fourth-order valence-electron chi connectivity index (χ4n) is 1.74. The fraction of sp³-hybridized carbons (Fsp3) is 0.500. The molecule has 100 valence electrons. The number of thioether (sulfide) groups is 1. The zero-order valence-electron chi connectivity index (χ0n) is 11.6. The molecular formula is C16H25NS. The molecule has 1 nitrogen and oxygen atoms in total. The average molecular weight is 263 g/mol. The molecule has 0 spiro atoms. The monoisotopic (exact) mass is 263 g/mol. The lowest BCUT2D eigenvalue weighted by atomic mass is 10.1. The molecule has 1 atom stereocenters. The van der Waals surface area contributed by atoms with Crippen LogP contribution >= 0.6 is 11.8 Å². The van der Waals surface area contributed by atoms with Crippen LogP contribution < -0.4 is 5.32 Å². The minimum absolute atomic E-state index is 0.544. The van der Waals surface area contributed by atoms with E-state index in [9.17, 15) is 0 Å². The first-order valence-corrected chi connectivity index (χ1v) is 7.82. The minimum atomic E-state index is 0.544. The van der Waals surface area contributed by atoms with Crippen molar-refractivity contribution in [3.05, 3.63) is 42.5 Å². The molecule has 0 saturated carbocycles. The van der Waals surface area contributed by atoms with E-state index >= 15 is 0 Å². The summed E-state index contributed by atoms with van der Waals surface area (Å²) in [5.41, 5.74) is 1.34. The summed E-state index contributed by atoms with van der Waals surface area (Å²) in [6, 6.07) is 11.2. The van der Waals surface area contributed by atoms with Crippen LogP contribution in [-0.2, 0) is 0 Å². The largest absolute Gasteiger partial charge is 0.313 e. The number of hydrogen-bond donors (Lipinski definition) is 1. The third-order valence-corrected chi connectivity index (χ3v) is 4.09. The number of rotatable bonds is 9. The van der Waals surface area contributed by atoms with Crippen LogP contribution in [0.2, 0.25) is 0 Å². The molecule has 1 rings (SSSR count). The topological polar surface area (TPSA) is 12.0 Å². The van der Waals surface area contributed by atoms with Crippen LogP contribution in [0.5, 0.6) is 0 Å². The van der Waals surface area contributed by atoms with E-state index in [1.807, 2.05) is 11.8 Å². The summed E-state index contributed by atoms with van der Waals surface area (Å²) >= 11 is 1.93. The fourth-order valence-corrected chi connectivity index (χ4v) is 2.72. The highest BCUT2D eigenvalue weighted by atomic mass is 32.2. The second-order valence-corrected chi connectivity index (χ2v) is 5.68. The van der Waals surface area contributed by atoms with Gasteiger partial charge in [-0.05, 0) is 37.9 Å². The number of hydrogen-bond acceptors (Lipinski definition) is 2. The summed E-state index contributed by atoms with van der Waals surface area (Å²) in [4.78, 5) is 1.35. The molecule has 0 radical (unpaired) electrons. The van der Waals surface area contributed by atoms with Gasteiger partial charge in [0.05, 0.1) is 0 Å². The van der Waals surface area contributed by atoms with E-state index in [0.29, 0.717) is 6.04 Å². The lowest BCUT2D eigenvalue weighted by Gasteiger charge is -2.19. The van der Waals surface area contributed by atoms with E-state index in [-0.39, 0.29) is 0 Å². The van der Waals surface area contributed by atoms with Crippen molar-refractivity contribution in [2.45, 2.75) is 44.0 Å². The molecule has 0 aromatic heterocycles. The van der Waals surface area contributed by atoms with E-state index < -0.39 is 0 Å². The Kier molecular flexibility index (Phi) is 7.86. The van der Waals surface area contributed by atoms with Gasteiger partial charge in [-0.25, -0.2) is 0 Å². The summed E-state index contributed by atoms with van der Waals surface area (Å²) < 4.78 is 0. The van der Waals surface area contributed by atoms with Gasteiger partial charge in [-0.15, -0.1) is 11.8 Å². The van der Waals surface area contributed by atoms with Gasteiger partial charge in [-0.2, -0.15) is 0 Å². The zero-order valence-corrected chi connectivity index (χ0v) is 12.4. The Morgan fingerprint density at radius 3 is 2.61 bits per heavy atom. The second-order valence-electron chi connectivity index (χ2n) is 4.58. The van der Waals surface area contributed by atoms with Crippen LogP contribution in [0.25, 0.3) is 0 Å². The summed E-state index contributed by atoms with van der Waals surface area (Å²) in [7, 11) is 0. The lowest BCUT2D eigenvalue weighted by Crippen LogP contribution is -2.32. The van der Waals surface area contributed by atoms with Gasteiger partial charge < -0.3 is 5.32 Å². The standard InChI is InChI=1S/C16H25NS/c1-4-11-17-15(12-14(3)5-2)13-18-16-9-7-6-8-10-16/h6-10,15,17H,3-5,11-13H2,1-2H3.